The molecule has 2 saturated carbocycles. The maximum Gasteiger partial charge on any atom is 0.302 e. The highest BCUT2D eigenvalue weighted by atomic mass is 32.1. The lowest BCUT2D eigenvalue weighted by atomic mass is 9.47. The van der Waals surface area contributed by atoms with Crippen molar-refractivity contribution in [3.05, 3.63) is 23.3 Å². The van der Waals surface area contributed by atoms with Crippen LogP contribution in [0.5, 0.6) is 0 Å². The van der Waals surface area contributed by atoms with E-state index in [4.69, 9.17) is 17.0 Å². The van der Waals surface area contributed by atoms with Crippen LogP contribution in [-0.4, -0.2) is 29.4 Å². The van der Waals surface area contributed by atoms with Crippen molar-refractivity contribution < 1.29 is 9.53 Å². The van der Waals surface area contributed by atoms with Crippen molar-refractivity contribution in [1.29, 1.82) is 0 Å². The van der Waals surface area contributed by atoms with Crippen molar-refractivity contribution in [2.75, 3.05) is 6.54 Å². The Morgan fingerprint density at radius 1 is 1.15 bits per heavy atom. The molecule has 0 aromatic carbocycles. The third-order valence-corrected chi connectivity index (χ3v) is 9.74. The Bertz CT molecular complexity index is 909. The summed E-state index contributed by atoms with van der Waals surface area (Å²) in [6.07, 6.45) is 15.1. The number of unbranched alkanes of at least 4 members (excludes halogenated alkanes) is 1. The van der Waals surface area contributed by atoms with Crippen LogP contribution >= 0.6 is 12.2 Å². The molecule has 6 heteroatoms. The average Bonchev–Trinajstić information content (AvgIpc) is 3.15. The number of allylic oxidation sites excluding steroid dienone is 3. The minimum absolute atomic E-state index is 0.0656. The summed E-state index contributed by atoms with van der Waals surface area (Å²) < 4.78 is 5.59. The number of nitrogens with one attached hydrogen (secondary N) is 2. The number of hydrogen-bond acceptors (Lipinski definition) is 4. The van der Waals surface area contributed by atoms with E-state index in [1.54, 1.807) is 5.57 Å². The van der Waals surface area contributed by atoms with E-state index in [0.717, 1.165) is 63.1 Å². The Hall–Kier alpha value is -1.69. The Kier molecular flexibility index (Phi) is 7.56. The quantitative estimate of drug-likeness (QED) is 0.120. The predicted molar refractivity (Wildman–Crippen MR) is 142 cm³/mol. The molecule has 0 aromatic rings. The third kappa shape index (κ3) is 4.72. The zero-order valence-corrected chi connectivity index (χ0v) is 22.5. The first kappa shape index (κ1) is 25.4. The average molecular weight is 486 g/mol. The Morgan fingerprint density at radius 2 is 1.91 bits per heavy atom. The van der Waals surface area contributed by atoms with E-state index in [-0.39, 0.29) is 22.9 Å². The molecule has 4 aliphatic rings. The minimum Gasteiger partial charge on any atom is -0.462 e. The van der Waals surface area contributed by atoms with Crippen LogP contribution in [0, 0.1) is 28.6 Å². The van der Waals surface area contributed by atoms with Gasteiger partial charge in [0.15, 0.2) is 5.11 Å². The molecule has 2 N–H and O–H groups in total. The minimum atomic E-state index is -0.148. The Morgan fingerprint density at radius 3 is 2.65 bits per heavy atom. The molecule has 5 nitrogen and oxygen atoms in total. The lowest BCUT2D eigenvalue weighted by molar-refractivity contribution is -0.148. The summed E-state index contributed by atoms with van der Waals surface area (Å²) in [6, 6.07) is 0. The van der Waals surface area contributed by atoms with Crippen molar-refractivity contribution in [3.63, 3.8) is 0 Å². The Balaban J connectivity index is 1.45. The van der Waals surface area contributed by atoms with Gasteiger partial charge in [0.05, 0.1) is 5.71 Å². The molecule has 0 aliphatic heterocycles. The van der Waals surface area contributed by atoms with Gasteiger partial charge in [-0.1, -0.05) is 44.9 Å². The second-order valence-electron chi connectivity index (χ2n) is 11.5. The van der Waals surface area contributed by atoms with Crippen molar-refractivity contribution >= 4 is 29.0 Å². The van der Waals surface area contributed by atoms with Gasteiger partial charge in [0.1, 0.15) is 6.10 Å². The number of carbonyl (C=O) groups is 1. The van der Waals surface area contributed by atoms with E-state index >= 15 is 0 Å². The van der Waals surface area contributed by atoms with Crippen LogP contribution in [0.1, 0.15) is 92.4 Å². The van der Waals surface area contributed by atoms with Gasteiger partial charge in [0.25, 0.3) is 0 Å². The highest BCUT2D eigenvalue weighted by Gasteiger charge is 2.57. The van der Waals surface area contributed by atoms with E-state index in [0.29, 0.717) is 16.9 Å². The molecule has 4 rings (SSSR count). The molecular weight excluding hydrogens is 442 g/mol. The van der Waals surface area contributed by atoms with Gasteiger partial charge in [-0.3, -0.25) is 10.2 Å². The summed E-state index contributed by atoms with van der Waals surface area (Å²) >= 11 is 5.39. The third-order valence-electron chi connectivity index (χ3n) is 9.50. The molecule has 0 heterocycles. The number of esters is 1. The molecular formula is C28H43N3O2S. The molecule has 2 fully saturated rings. The lowest BCUT2D eigenvalue weighted by Gasteiger charge is -2.57. The highest BCUT2D eigenvalue weighted by Crippen LogP contribution is 2.65. The molecule has 6 unspecified atom stereocenters. The van der Waals surface area contributed by atoms with Crippen molar-refractivity contribution in [3.8, 4) is 0 Å². The zero-order valence-electron chi connectivity index (χ0n) is 21.7. The number of carbonyl (C=O) groups excluding carboxylic acids is 1. The van der Waals surface area contributed by atoms with Gasteiger partial charge < -0.3 is 10.1 Å². The number of ether oxygens (including phenoxy) is 1. The fourth-order valence-corrected chi connectivity index (χ4v) is 7.85. The van der Waals surface area contributed by atoms with Gasteiger partial charge in [0.2, 0.25) is 0 Å². The Labute approximate surface area is 211 Å². The van der Waals surface area contributed by atoms with E-state index in [9.17, 15) is 4.79 Å². The first-order valence-electron chi connectivity index (χ1n) is 13.3. The standard InChI is InChI=1S/C28H43N3O2S/c1-6-7-16-29-26(34)31-30-18(2)23-10-11-24-22-9-8-20-17-21(33-19(3)32)12-14-27(20,4)25(22)13-15-28(23,24)5/h8,10,21-22,24-25H,6-7,9,11-17H2,1-5H3,(H2,29,31,34)/b30-18+. The van der Waals surface area contributed by atoms with Crippen LogP contribution in [-0.2, 0) is 9.53 Å². The van der Waals surface area contributed by atoms with Crippen LogP contribution in [0.3, 0.4) is 0 Å². The van der Waals surface area contributed by atoms with Crippen LogP contribution in [0.15, 0.2) is 28.4 Å². The van der Waals surface area contributed by atoms with Crippen molar-refractivity contribution in [1.82, 2.24) is 10.7 Å². The first-order valence-corrected chi connectivity index (χ1v) is 13.8. The zero-order chi connectivity index (χ0) is 24.5. The monoisotopic (exact) mass is 485 g/mol. The highest BCUT2D eigenvalue weighted by molar-refractivity contribution is 7.80. The van der Waals surface area contributed by atoms with Crippen molar-refractivity contribution in [2.45, 2.75) is 98.5 Å². The maximum absolute atomic E-state index is 11.5. The van der Waals surface area contributed by atoms with Gasteiger partial charge in [-0.25, -0.2) is 0 Å². The van der Waals surface area contributed by atoms with E-state index < -0.39 is 0 Å². The topological polar surface area (TPSA) is 62.7 Å². The van der Waals surface area contributed by atoms with Gasteiger partial charge in [-0.2, -0.15) is 5.10 Å². The van der Waals surface area contributed by atoms with Gasteiger partial charge in [0, 0.05) is 19.9 Å². The maximum atomic E-state index is 11.5. The van der Waals surface area contributed by atoms with Gasteiger partial charge in [-0.15, -0.1) is 0 Å². The van der Waals surface area contributed by atoms with Crippen LogP contribution in [0.25, 0.3) is 0 Å². The summed E-state index contributed by atoms with van der Waals surface area (Å²) in [7, 11) is 0. The summed E-state index contributed by atoms with van der Waals surface area (Å²) in [4.78, 5) is 11.5. The first-order chi connectivity index (χ1) is 16.2. The SMILES string of the molecule is CCCCNC(=S)N/N=C(\C)C1=CCC2C3CC=C4CC(OC(C)=O)CCC4(C)C3CCC12C. The molecule has 0 radical (unpaired) electrons. The van der Waals surface area contributed by atoms with Crippen LogP contribution < -0.4 is 10.7 Å². The molecule has 0 bridgehead atoms. The van der Waals surface area contributed by atoms with Gasteiger partial charge in [-0.05, 0) is 98.2 Å². The molecule has 188 valence electrons. The van der Waals surface area contributed by atoms with Crippen LogP contribution in [0.4, 0.5) is 0 Å². The summed E-state index contributed by atoms with van der Waals surface area (Å²) in [6.45, 7) is 11.7. The van der Waals surface area contributed by atoms with E-state index in [1.165, 1.54) is 25.3 Å². The summed E-state index contributed by atoms with van der Waals surface area (Å²) in [5.74, 6) is 1.96. The number of fused-ring (bicyclic) bond motifs is 5. The fraction of sp³-hybridized carbons (Fsp3) is 0.750. The molecule has 34 heavy (non-hydrogen) atoms. The summed E-state index contributed by atoms with van der Waals surface area (Å²) in [5.41, 5.74) is 7.55. The molecule has 4 aliphatic carbocycles. The molecule has 0 saturated heterocycles. The van der Waals surface area contributed by atoms with E-state index in [1.807, 2.05) is 0 Å². The lowest BCUT2D eigenvalue weighted by Crippen LogP contribution is -2.50. The summed E-state index contributed by atoms with van der Waals surface area (Å²) in [5, 5.41) is 8.52. The normalized spacial score (nSPS) is 36.9. The number of hydrazone groups is 1. The van der Waals surface area contributed by atoms with Gasteiger partial charge >= 0.3 is 5.97 Å². The molecule has 6 atom stereocenters. The predicted octanol–water partition coefficient (Wildman–Crippen LogP) is 6.06. The second-order valence-corrected chi connectivity index (χ2v) is 11.9. The molecule has 0 aromatic heterocycles. The number of nitrogens with zero attached hydrogens (tertiary/aromatic N) is 1. The number of thiocarbonyl (C=S) groups is 1. The number of rotatable bonds is 6. The smallest absolute Gasteiger partial charge is 0.302 e. The number of hydrogen-bond donors (Lipinski definition) is 2. The molecule has 0 amide bonds. The molecule has 0 spiro atoms. The van der Waals surface area contributed by atoms with Crippen LogP contribution in [0.2, 0.25) is 0 Å². The largest absolute Gasteiger partial charge is 0.462 e. The van der Waals surface area contributed by atoms with Crippen molar-refractivity contribution in [2.24, 2.45) is 33.7 Å². The van der Waals surface area contributed by atoms with E-state index in [2.05, 4.69) is 55.7 Å². The second kappa shape index (κ2) is 10.1. The fourth-order valence-electron chi connectivity index (χ4n) is 7.70.